The monoisotopic (exact) mass is 436 g/mol. The summed E-state index contributed by atoms with van der Waals surface area (Å²) in [5, 5.41) is 10.4. The van der Waals surface area contributed by atoms with Gasteiger partial charge in [0.1, 0.15) is 17.7 Å². The first-order chi connectivity index (χ1) is 9.02. The lowest BCUT2D eigenvalue weighted by molar-refractivity contribution is 0.218. The number of benzene rings is 2. The van der Waals surface area contributed by atoms with Crippen LogP contribution >= 0.6 is 38.5 Å². The van der Waals surface area contributed by atoms with Crippen LogP contribution in [0.15, 0.2) is 40.9 Å². The van der Waals surface area contributed by atoms with Crippen LogP contribution in [0.25, 0.3) is 0 Å². The van der Waals surface area contributed by atoms with Crippen LogP contribution in [0.3, 0.4) is 0 Å². The third-order valence-corrected chi connectivity index (χ3v) is 4.38. The van der Waals surface area contributed by atoms with E-state index >= 15 is 0 Å². The van der Waals surface area contributed by atoms with Gasteiger partial charge in [0.2, 0.25) is 0 Å². The van der Waals surface area contributed by atoms with Crippen molar-refractivity contribution in [3.8, 4) is 5.75 Å². The van der Waals surface area contributed by atoms with Crippen molar-refractivity contribution in [2.24, 2.45) is 0 Å². The molecule has 0 aliphatic heterocycles. The van der Waals surface area contributed by atoms with Crippen LogP contribution in [-0.2, 0) is 0 Å². The molecule has 19 heavy (non-hydrogen) atoms. The molecule has 0 aromatic heterocycles. The van der Waals surface area contributed by atoms with Gasteiger partial charge in [0.05, 0.1) is 7.11 Å². The summed E-state index contributed by atoms with van der Waals surface area (Å²) >= 11 is 5.42. The smallest absolute Gasteiger partial charge is 0.124 e. The zero-order chi connectivity index (χ0) is 14.0. The molecule has 0 heterocycles. The van der Waals surface area contributed by atoms with E-state index in [1.54, 1.807) is 31.4 Å². The van der Waals surface area contributed by atoms with Crippen LogP contribution in [0.4, 0.5) is 4.39 Å². The molecule has 5 heteroatoms. The van der Waals surface area contributed by atoms with Crippen LogP contribution in [0.1, 0.15) is 17.2 Å². The molecule has 2 rings (SSSR count). The van der Waals surface area contributed by atoms with Crippen molar-refractivity contribution >= 4 is 38.5 Å². The van der Waals surface area contributed by atoms with E-state index in [0.29, 0.717) is 20.4 Å². The fourth-order valence-electron chi connectivity index (χ4n) is 1.75. The third kappa shape index (κ3) is 3.27. The van der Waals surface area contributed by atoms with E-state index < -0.39 is 6.10 Å². The number of methoxy groups -OCH3 is 1. The Morgan fingerprint density at radius 1 is 1.21 bits per heavy atom. The summed E-state index contributed by atoms with van der Waals surface area (Å²) in [6.07, 6.45) is -0.812. The number of hydrogen-bond acceptors (Lipinski definition) is 2. The zero-order valence-electron chi connectivity index (χ0n) is 10.0. The molecule has 2 aromatic carbocycles. The van der Waals surface area contributed by atoms with Crippen molar-refractivity contribution in [2.45, 2.75) is 6.10 Å². The molecule has 100 valence electrons. The maximum Gasteiger partial charge on any atom is 0.124 e. The molecular formula is C14H11BrFIO2. The van der Waals surface area contributed by atoms with Crippen LogP contribution in [0, 0.1) is 9.39 Å². The molecule has 0 aliphatic carbocycles. The van der Waals surface area contributed by atoms with Gasteiger partial charge in [-0.2, -0.15) is 0 Å². The van der Waals surface area contributed by atoms with Gasteiger partial charge in [0.25, 0.3) is 0 Å². The third-order valence-electron chi connectivity index (χ3n) is 2.76. The van der Waals surface area contributed by atoms with Crippen molar-refractivity contribution in [3.05, 3.63) is 61.4 Å². The molecule has 1 unspecified atom stereocenters. The first-order valence-corrected chi connectivity index (χ1v) is 7.36. The van der Waals surface area contributed by atoms with Crippen molar-refractivity contribution in [1.29, 1.82) is 0 Å². The highest BCUT2D eigenvalue weighted by Crippen LogP contribution is 2.33. The van der Waals surface area contributed by atoms with E-state index in [4.69, 9.17) is 4.74 Å². The highest BCUT2D eigenvalue weighted by Gasteiger charge is 2.17. The average Bonchev–Trinajstić information content (AvgIpc) is 2.37. The van der Waals surface area contributed by atoms with E-state index in [9.17, 15) is 9.50 Å². The molecule has 0 radical (unpaired) electrons. The van der Waals surface area contributed by atoms with Crippen LogP contribution < -0.4 is 4.74 Å². The van der Waals surface area contributed by atoms with E-state index in [1.807, 2.05) is 22.6 Å². The Balaban J connectivity index is 2.41. The minimum absolute atomic E-state index is 0.311. The van der Waals surface area contributed by atoms with E-state index in [1.165, 1.54) is 12.1 Å². The summed E-state index contributed by atoms with van der Waals surface area (Å²) in [7, 11) is 1.58. The molecule has 2 nitrogen and oxygen atoms in total. The SMILES string of the molecule is COc1ccc(C(O)c2ccc(F)cc2I)c(Br)c1. The fraction of sp³-hybridized carbons (Fsp3) is 0.143. The fourth-order valence-corrected chi connectivity index (χ4v) is 3.09. The number of aliphatic hydroxyl groups excluding tert-OH is 1. The van der Waals surface area contributed by atoms with Gasteiger partial charge >= 0.3 is 0 Å². The molecule has 1 N–H and O–H groups in total. The molecule has 0 saturated heterocycles. The first kappa shape index (κ1) is 14.7. The molecule has 0 saturated carbocycles. The predicted octanol–water partition coefficient (Wildman–Crippen LogP) is 4.28. The summed E-state index contributed by atoms with van der Waals surface area (Å²) in [4.78, 5) is 0. The predicted molar refractivity (Wildman–Crippen MR) is 83.9 cm³/mol. The minimum Gasteiger partial charge on any atom is -0.497 e. The molecule has 0 aliphatic rings. The van der Waals surface area contributed by atoms with Gasteiger partial charge in [0, 0.05) is 8.04 Å². The first-order valence-electron chi connectivity index (χ1n) is 5.49. The standard InChI is InChI=1S/C14H11BrFIO2/c1-19-9-3-5-10(12(15)7-9)14(18)11-4-2-8(16)6-13(11)17/h2-7,14,18H,1H3. The van der Waals surface area contributed by atoms with E-state index in [0.717, 1.165) is 4.47 Å². The Labute approximate surface area is 132 Å². The van der Waals surface area contributed by atoms with Crippen LogP contribution in [-0.4, -0.2) is 12.2 Å². The zero-order valence-corrected chi connectivity index (χ0v) is 13.8. The molecule has 0 spiro atoms. The Kier molecular flexibility index (Phi) is 4.81. The van der Waals surface area contributed by atoms with Crippen LogP contribution in [0.5, 0.6) is 5.75 Å². The summed E-state index contributed by atoms with van der Waals surface area (Å²) in [6, 6.07) is 9.69. The quantitative estimate of drug-likeness (QED) is 0.727. The highest BCUT2D eigenvalue weighted by molar-refractivity contribution is 14.1. The highest BCUT2D eigenvalue weighted by atomic mass is 127. The number of hydrogen-bond donors (Lipinski definition) is 1. The van der Waals surface area contributed by atoms with Gasteiger partial charge in [-0.25, -0.2) is 4.39 Å². The number of halogens is 3. The Bertz CT molecular complexity index is 604. The van der Waals surface area contributed by atoms with Crippen molar-refractivity contribution in [3.63, 3.8) is 0 Å². The number of aliphatic hydroxyl groups is 1. The second-order valence-electron chi connectivity index (χ2n) is 3.96. The van der Waals surface area contributed by atoms with Crippen molar-refractivity contribution < 1.29 is 14.2 Å². The largest absolute Gasteiger partial charge is 0.497 e. The maximum absolute atomic E-state index is 13.1. The summed E-state index contributed by atoms with van der Waals surface area (Å²) < 4.78 is 19.6. The normalized spacial score (nSPS) is 12.3. The van der Waals surface area contributed by atoms with Gasteiger partial charge < -0.3 is 9.84 Å². The van der Waals surface area contributed by atoms with Gasteiger partial charge in [-0.15, -0.1) is 0 Å². The Morgan fingerprint density at radius 3 is 2.47 bits per heavy atom. The summed E-state index contributed by atoms with van der Waals surface area (Å²) in [5.41, 5.74) is 1.39. The lowest BCUT2D eigenvalue weighted by atomic mass is 10.0. The van der Waals surface area contributed by atoms with Crippen molar-refractivity contribution in [2.75, 3.05) is 7.11 Å². The lowest BCUT2D eigenvalue weighted by Crippen LogP contribution is -2.03. The Hall–Kier alpha value is -0.660. The van der Waals surface area contributed by atoms with Gasteiger partial charge in [-0.05, 0) is 58.0 Å². The molecule has 0 amide bonds. The second kappa shape index (κ2) is 6.19. The van der Waals surface area contributed by atoms with Gasteiger partial charge in [0.15, 0.2) is 0 Å². The van der Waals surface area contributed by atoms with Crippen LogP contribution in [0.2, 0.25) is 0 Å². The van der Waals surface area contributed by atoms with Gasteiger partial charge in [-0.1, -0.05) is 28.1 Å². The molecule has 0 fully saturated rings. The summed E-state index contributed by atoms with van der Waals surface area (Å²) in [6.45, 7) is 0. The lowest BCUT2D eigenvalue weighted by Gasteiger charge is -2.15. The molecular weight excluding hydrogens is 426 g/mol. The van der Waals surface area contributed by atoms with E-state index in [2.05, 4.69) is 15.9 Å². The molecule has 0 bridgehead atoms. The minimum atomic E-state index is -0.812. The number of rotatable bonds is 3. The van der Waals surface area contributed by atoms with Gasteiger partial charge in [-0.3, -0.25) is 0 Å². The maximum atomic E-state index is 13.1. The molecule has 2 aromatic rings. The number of ether oxygens (including phenoxy) is 1. The van der Waals surface area contributed by atoms with Crippen molar-refractivity contribution in [1.82, 2.24) is 0 Å². The Morgan fingerprint density at radius 2 is 1.89 bits per heavy atom. The topological polar surface area (TPSA) is 29.5 Å². The van der Waals surface area contributed by atoms with E-state index in [-0.39, 0.29) is 5.82 Å². The average molecular weight is 437 g/mol. The second-order valence-corrected chi connectivity index (χ2v) is 5.97. The summed E-state index contributed by atoms with van der Waals surface area (Å²) in [5.74, 6) is 0.394. The molecule has 1 atom stereocenters.